The number of carboxylic acids is 1. The Balaban J connectivity index is 3.37. The molecule has 1 aromatic rings. The molecule has 17 heavy (non-hydrogen) atoms. The number of ether oxygens (including phenoxy) is 1. The van der Waals surface area contributed by atoms with E-state index in [0.29, 0.717) is 0 Å². The highest BCUT2D eigenvalue weighted by Gasteiger charge is 2.29. The van der Waals surface area contributed by atoms with E-state index in [1.54, 1.807) is 7.11 Å². The van der Waals surface area contributed by atoms with Crippen LogP contribution in [0.4, 0.5) is 0 Å². The summed E-state index contributed by atoms with van der Waals surface area (Å²) >= 11 is 0. The number of aliphatic carboxylic acids is 1. The van der Waals surface area contributed by atoms with Crippen molar-refractivity contribution >= 4 is 5.97 Å². The first-order chi connectivity index (χ1) is 7.79. The number of carboxylic acid groups (broad SMARTS) is 1. The Morgan fingerprint density at radius 3 is 2.41 bits per heavy atom. The molecule has 0 aliphatic heterocycles. The summed E-state index contributed by atoms with van der Waals surface area (Å²) in [6, 6.07) is 3.90. The Kier molecular flexibility index (Phi) is 3.81. The second-order valence-corrected chi connectivity index (χ2v) is 5.04. The zero-order valence-electron chi connectivity index (χ0n) is 11.1. The van der Waals surface area contributed by atoms with E-state index in [4.69, 9.17) is 9.84 Å². The number of aryl methyl sites for hydroxylation is 1. The maximum Gasteiger partial charge on any atom is 0.304 e. The van der Waals surface area contributed by atoms with Gasteiger partial charge in [-0.15, -0.1) is 0 Å². The molecule has 0 aromatic heterocycles. The first kappa shape index (κ1) is 13.6. The van der Waals surface area contributed by atoms with Crippen molar-refractivity contribution in [2.75, 3.05) is 7.11 Å². The van der Waals surface area contributed by atoms with Crippen LogP contribution in [0.5, 0.6) is 5.75 Å². The molecule has 0 aliphatic rings. The molecular weight excluding hydrogens is 216 g/mol. The van der Waals surface area contributed by atoms with Crippen molar-refractivity contribution in [3.63, 3.8) is 0 Å². The minimum Gasteiger partial charge on any atom is -0.496 e. The van der Waals surface area contributed by atoms with E-state index in [9.17, 15) is 4.79 Å². The van der Waals surface area contributed by atoms with E-state index >= 15 is 0 Å². The van der Waals surface area contributed by atoms with Crippen LogP contribution in [-0.2, 0) is 10.2 Å². The molecule has 0 radical (unpaired) electrons. The average molecular weight is 236 g/mol. The predicted octanol–water partition coefficient (Wildman–Crippen LogP) is 3.06. The van der Waals surface area contributed by atoms with Crippen LogP contribution < -0.4 is 4.74 Å². The van der Waals surface area contributed by atoms with Crippen molar-refractivity contribution < 1.29 is 14.6 Å². The Hall–Kier alpha value is -1.51. The van der Waals surface area contributed by atoms with Gasteiger partial charge in [-0.1, -0.05) is 19.9 Å². The zero-order valence-corrected chi connectivity index (χ0v) is 11.1. The fourth-order valence-electron chi connectivity index (χ4n) is 2.27. The molecule has 3 heteroatoms. The molecule has 0 aliphatic carbocycles. The van der Waals surface area contributed by atoms with Crippen LogP contribution in [-0.4, -0.2) is 18.2 Å². The van der Waals surface area contributed by atoms with Gasteiger partial charge in [0.25, 0.3) is 0 Å². The second kappa shape index (κ2) is 4.78. The minimum atomic E-state index is -0.794. The van der Waals surface area contributed by atoms with Crippen molar-refractivity contribution in [3.8, 4) is 5.75 Å². The number of rotatable bonds is 4. The molecule has 0 fully saturated rings. The largest absolute Gasteiger partial charge is 0.496 e. The summed E-state index contributed by atoms with van der Waals surface area (Å²) in [5.74, 6) is -0.0303. The number of methoxy groups -OCH3 is 1. The Morgan fingerprint density at radius 1 is 1.35 bits per heavy atom. The second-order valence-electron chi connectivity index (χ2n) is 5.04. The fraction of sp³-hybridized carbons (Fsp3) is 0.500. The molecule has 0 saturated heterocycles. The number of hydrogen-bond donors (Lipinski definition) is 1. The van der Waals surface area contributed by atoms with Gasteiger partial charge >= 0.3 is 5.97 Å². The number of hydrogen-bond acceptors (Lipinski definition) is 2. The van der Waals surface area contributed by atoms with Gasteiger partial charge in [-0.25, -0.2) is 0 Å². The van der Waals surface area contributed by atoms with E-state index < -0.39 is 11.4 Å². The van der Waals surface area contributed by atoms with Crippen molar-refractivity contribution in [1.82, 2.24) is 0 Å². The molecule has 0 amide bonds. The van der Waals surface area contributed by atoms with Crippen LogP contribution in [0.15, 0.2) is 12.1 Å². The summed E-state index contributed by atoms with van der Waals surface area (Å²) in [4.78, 5) is 10.9. The third-order valence-corrected chi connectivity index (χ3v) is 3.19. The highest BCUT2D eigenvalue weighted by molar-refractivity contribution is 5.69. The molecule has 0 unspecified atom stereocenters. The summed E-state index contributed by atoms with van der Waals surface area (Å²) in [6.45, 7) is 7.91. The smallest absolute Gasteiger partial charge is 0.304 e. The monoisotopic (exact) mass is 236 g/mol. The normalized spacial score (nSPS) is 11.4. The first-order valence-electron chi connectivity index (χ1n) is 5.66. The lowest BCUT2D eigenvalue weighted by molar-refractivity contribution is -0.138. The molecule has 0 atom stereocenters. The minimum absolute atomic E-state index is 0.0909. The number of benzene rings is 1. The molecule has 1 rings (SSSR count). The first-order valence-corrected chi connectivity index (χ1v) is 5.66. The van der Waals surface area contributed by atoms with Gasteiger partial charge < -0.3 is 9.84 Å². The van der Waals surface area contributed by atoms with Gasteiger partial charge in [-0.3, -0.25) is 4.79 Å². The molecular formula is C14H20O3. The SMILES string of the molecule is COc1ccc(C)c(C)c1C(C)(C)CC(=O)O. The fourth-order valence-corrected chi connectivity index (χ4v) is 2.27. The van der Waals surface area contributed by atoms with Gasteiger partial charge in [0.1, 0.15) is 5.75 Å². The lowest BCUT2D eigenvalue weighted by Crippen LogP contribution is -2.24. The van der Waals surface area contributed by atoms with Crippen LogP contribution in [0.3, 0.4) is 0 Å². The Bertz CT molecular complexity index is 433. The topological polar surface area (TPSA) is 46.5 Å². The van der Waals surface area contributed by atoms with Crippen molar-refractivity contribution in [1.29, 1.82) is 0 Å². The van der Waals surface area contributed by atoms with Crippen LogP contribution in [0.2, 0.25) is 0 Å². The predicted molar refractivity (Wildman–Crippen MR) is 67.7 cm³/mol. The lowest BCUT2D eigenvalue weighted by Gasteiger charge is -2.28. The molecule has 3 nitrogen and oxygen atoms in total. The van der Waals surface area contributed by atoms with Crippen LogP contribution in [0.25, 0.3) is 0 Å². The maximum atomic E-state index is 10.9. The molecule has 0 saturated carbocycles. The Morgan fingerprint density at radius 2 is 1.94 bits per heavy atom. The van der Waals surface area contributed by atoms with Gasteiger partial charge in [0.05, 0.1) is 13.5 Å². The summed E-state index contributed by atoms with van der Waals surface area (Å²) < 4.78 is 5.36. The van der Waals surface area contributed by atoms with Gasteiger partial charge in [-0.05, 0) is 31.0 Å². The quantitative estimate of drug-likeness (QED) is 0.874. The van der Waals surface area contributed by atoms with Gasteiger partial charge in [0.15, 0.2) is 0 Å². The van der Waals surface area contributed by atoms with Crippen LogP contribution in [0.1, 0.15) is 37.0 Å². The van der Waals surface area contributed by atoms with Crippen molar-refractivity contribution in [2.45, 2.75) is 39.5 Å². The highest BCUT2D eigenvalue weighted by Crippen LogP contribution is 2.37. The Labute approximate surface area is 102 Å². The molecule has 94 valence electrons. The standard InChI is InChI=1S/C14H20O3/c1-9-6-7-11(17-5)13(10(9)2)14(3,4)8-12(15)16/h6-7H,8H2,1-5H3,(H,15,16). The van der Waals surface area contributed by atoms with Gasteiger partial charge in [-0.2, -0.15) is 0 Å². The van der Waals surface area contributed by atoms with Crippen molar-refractivity contribution in [3.05, 3.63) is 28.8 Å². The van der Waals surface area contributed by atoms with E-state index in [0.717, 1.165) is 22.4 Å². The summed E-state index contributed by atoms with van der Waals surface area (Å²) in [5.41, 5.74) is 2.81. The molecule has 0 spiro atoms. The summed E-state index contributed by atoms with van der Waals surface area (Å²) in [7, 11) is 1.62. The van der Waals surface area contributed by atoms with E-state index in [1.165, 1.54) is 0 Å². The van der Waals surface area contributed by atoms with Crippen molar-refractivity contribution in [2.24, 2.45) is 0 Å². The summed E-state index contributed by atoms with van der Waals surface area (Å²) in [5, 5.41) is 8.99. The van der Waals surface area contributed by atoms with E-state index in [-0.39, 0.29) is 6.42 Å². The molecule has 0 heterocycles. The molecule has 1 N–H and O–H groups in total. The third kappa shape index (κ3) is 2.78. The van der Waals surface area contributed by atoms with Gasteiger partial charge in [0, 0.05) is 11.0 Å². The zero-order chi connectivity index (χ0) is 13.2. The molecule has 0 bridgehead atoms. The van der Waals surface area contributed by atoms with E-state index in [1.807, 2.05) is 39.8 Å². The van der Waals surface area contributed by atoms with Crippen LogP contribution in [0, 0.1) is 13.8 Å². The van der Waals surface area contributed by atoms with Crippen LogP contribution >= 0.6 is 0 Å². The summed E-state index contributed by atoms with van der Waals surface area (Å²) in [6.07, 6.45) is 0.0909. The number of carbonyl (C=O) groups is 1. The maximum absolute atomic E-state index is 10.9. The third-order valence-electron chi connectivity index (χ3n) is 3.19. The highest BCUT2D eigenvalue weighted by atomic mass is 16.5. The van der Waals surface area contributed by atoms with Gasteiger partial charge in [0.2, 0.25) is 0 Å². The average Bonchev–Trinajstić information content (AvgIpc) is 2.19. The molecule has 1 aromatic carbocycles. The lowest BCUT2D eigenvalue weighted by atomic mass is 9.78. The van der Waals surface area contributed by atoms with E-state index in [2.05, 4.69) is 0 Å².